The summed E-state index contributed by atoms with van der Waals surface area (Å²) in [6.45, 7) is 4.08. The van der Waals surface area contributed by atoms with E-state index in [4.69, 9.17) is 0 Å². The van der Waals surface area contributed by atoms with Crippen LogP contribution in [0.2, 0.25) is 0 Å². The molecule has 1 nitrogen and oxygen atoms in total. The smallest absolute Gasteiger partial charge is 0.0761 e. The van der Waals surface area contributed by atoms with Gasteiger partial charge in [-0.3, -0.25) is 0 Å². The third-order valence-corrected chi connectivity index (χ3v) is 5.69. The van der Waals surface area contributed by atoms with Gasteiger partial charge in [-0.1, -0.05) is 112 Å². The van der Waals surface area contributed by atoms with Crippen molar-refractivity contribution in [3.8, 4) is 22.3 Å². The zero-order valence-corrected chi connectivity index (χ0v) is 17.9. The summed E-state index contributed by atoms with van der Waals surface area (Å²) in [5.74, 6) is 0. The largest absolute Gasteiger partial charge is 0.389 e. The van der Waals surface area contributed by atoms with Crippen LogP contribution >= 0.6 is 0 Å². The highest BCUT2D eigenvalue weighted by Crippen LogP contribution is 2.34. The Bertz CT molecular complexity index is 863. The van der Waals surface area contributed by atoms with E-state index in [-0.39, 0.29) is 0 Å². The fourth-order valence-electron chi connectivity index (χ4n) is 3.91. The summed E-state index contributed by atoms with van der Waals surface area (Å²) in [4.78, 5) is 0. The predicted molar refractivity (Wildman–Crippen MR) is 125 cm³/mol. The maximum Gasteiger partial charge on any atom is 0.0761 e. The highest BCUT2D eigenvalue weighted by Gasteiger charge is 2.10. The SMILES string of the molecule is CCCCCCCCc1ccc(-c2ccccc2)c(-c2ccc(C(C)O)cc2)c1. The minimum absolute atomic E-state index is 0.434. The second-order valence-electron chi connectivity index (χ2n) is 8.06. The molecule has 0 fully saturated rings. The minimum Gasteiger partial charge on any atom is -0.389 e. The molecular weight excluding hydrogens is 352 g/mol. The van der Waals surface area contributed by atoms with E-state index < -0.39 is 6.10 Å². The number of hydrogen-bond acceptors (Lipinski definition) is 1. The van der Waals surface area contributed by atoms with Gasteiger partial charge in [0.1, 0.15) is 0 Å². The van der Waals surface area contributed by atoms with Crippen LogP contribution in [0.15, 0.2) is 72.8 Å². The average molecular weight is 387 g/mol. The first-order chi connectivity index (χ1) is 14.2. The lowest BCUT2D eigenvalue weighted by Crippen LogP contribution is -1.93. The molecule has 0 aromatic heterocycles. The molecule has 0 saturated carbocycles. The molecule has 3 aromatic rings. The van der Waals surface area contributed by atoms with E-state index >= 15 is 0 Å². The summed E-state index contributed by atoms with van der Waals surface area (Å²) in [6, 6.07) is 25.9. The Morgan fingerprint density at radius 2 is 1.34 bits per heavy atom. The van der Waals surface area contributed by atoms with Gasteiger partial charge in [-0.25, -0.2) is 0 Å². The highest BCUT2D eigenvalue weighted by atomic mass is 16.3. The summed E-state index contributed by atoms with van der Waals surface area (Å²) >= 11 is 0. The summed E-state index contributed by atoms with van der Waals surface area (Å²) in [6.07, 6.45) is 8.66. The Morgan fingerprint density at radius 3 is 2.03 bits per heavy atom. The first kappa shape index (κ1) is 21.3. The molecule has 0 radical (unpaired) electrons. The van der Waals surface area contributed by atoms with Gasteiger partial charge in [0.2, 0.25) is 0 Å². The number of unbranched alkanes of at least 4 members (excludes halogenated alkanes) is 5. The topological polar surface area (TPSA) is 20.2 Å². The maximum atomic E-state index is 9.84. The monoisotopic (exact) mass is 386 g/mol. The normalized spacial score (nSPS) is 12.1. The Balaban J connectivity index is 1.84. The molecule has 29 heavy (non-hydrogen) atoms. The van der Waals surface area contributed by atoms with Crippen LogP contribution in [-0.2, 0) is 6.42 Å². The molecule has 0 aliphatic rings. The van der Waals surface area contributed by atoms with Crippen molar-refractivity contribution in [1.29, 1.82) is 0 Å². The molecule has 0 amide bonds. The van der Waals surface area contributed by atoms with Gasteiger partial charge in [-0.2, -0.15) is 0 Å². The Morgan fingerprint density at radius 1 is 0.690 bits per heavy atom. The van der Waals surface area contributed by atoms with E-state index in [1.165, 1.54) is 66.3 Å². The van der Waals surface area contributed by atoms with Crippen LogP contribution in [-0.4, -0.2) is 5.11 Å². The molecule has 1 unspecified atom stereocenters. The van der Waals surface area contributed by atoms with Crippen LogP contribution in [0.4, 0.5) is 0 Å². The molecule has 0 saturated heterocycles. The molecule has 0 aliphatic carbocycles. The summed E-state index contributed by atoms with van der Waals surface area (Å²) in [7, 11) is 0. The van der Waals surface area contributed by atoms with Gasteiger partial charge in [0, 0.05) is 0 Å². The van der Waals surface area contributed by atoms with Gasteiger partial charge < -0.3 is 5.11 Å². The quantitative estimate of drug-likeness (QED) is 0.350. The molecule has 3 rings (SSSR count). The number of benzene rings is 3. The Labute approximate surface area is 176 Å². The van der Waals surface area contributed by atoms with Gasteiger partial charge in [0.05, 0.1) is 6.10 Å². The molecule has 0 bridgehead atoms. The minimum atomic E-state index is -0.434. The van der Waals surface area contributed by atoms with Gasteiger partial charge >= 0.3 is 0 Å². The van der Waals surface area contributed by atoms with Crippen LogP contribution in [0.3, 0.4) is 0 Å². The fraction of sp³-hybridized carbons (Fsp3) is 0.357. The molecule has 1 atom stereocenters. The Kier molecular flexibility index (Phi) is 8.07. The Hall–Kier alpha value is -2.38. The average Bonchev–Trinajstić information content (AvgIpc) is 2.77. The van der Waals surface area contributed by atoms with Crippen molar-refractivity contribution in [1.82, 2.24) is 0 Å². The number of aliphatic hydroxyl groups excluding tert-OH is 1. The van der Waals surface area contributed by atoms with Gasteiger partial charge in [0.15, 0.2) is 0 Å². The lowest BCUT2D eigenvalue weighted by atomic mass is 9.91. The van der Waals surface area contributed by atoms with Crippen LogP contribution in [0.25, 0.3) is 22.3 Å². The van der Waals surface area contributed by atoms with Crippen molar-refractivity contribution in [2.45, 2.75) is 64.9 Å². The number of rotatable bonds is 10. The first-order valence-electron chi connectivity index (χ1n) is 11.2. The van der Waals surface area contributed by atoms with Crippen LogP contribution in [0, 0.1) is 0 Å². The van der Waals surface area contributed by atoms with Crippen LogP contribution < -0.4 is 0 Å². The standard InChI is InChI=1S/C28H34O/c1-3-4-5-6-7-9-12-23-15-20-27(25-13-10-8-11-14-25)28(21-23)26-18-16-24(17-19-26)22(2)29/h8,10-11,13-22,29H,3-7,9,12H2,1-2H3. The summed E-state index contributed by atoms with van der Waals surface area (Å²) < 4.78 is 0. The molecule has 3 aromatic carbocycles. The van der Waals surface area contributed by atoms with E-state index in [9.17, 15) is 5.11 Å². The second kappa shape index (κ2) is 11.0. The van der Waals surface area contributed by atoms with Crippen molar-refractivity contribution in [2.75, 3.05) is 0 Å². The van der Waals surface area contributed by atoms with E-state index in [0.29, 0.717) is 0 Å². The molecular formula is C28H34O. The van der Waals surface area contributed by atoms with Crippen LogP contribution in [0.5, 0.6) is 0 Å². The zero-order chi connectivity index (χ0) is 20.5. The van der Waals surface area contributed by atoms with Gasteiger partial charge in [-0.15, -0.1) is 0 Å². The van der Waals surface area contributed by atoms with E-state index in [2.05, 4.69) is 67.6 Å². The number of aliphatic hydroxyl groups is 1. The third-order valence-electron chi connectivity index (χ3n) is 5.69. The molecule has 152 valence electrons. The van der Waals surface area contributed by atoms with Gasteiger partial charge in [0.25, 0.3) is 0 Å². The first-order valence-corrected chi connectivity index (χ1v) is 11.2. The molecule has 0 spiro atoms. The van der Waals surface area contributed by atoms with E-state index in [1.807, 2.05) is 19.1 Å². The van der Waals surface area contributed by atoms with Crippen molar-refractivity contribution < 1.29 is 5.11 Å². The van der Waals surface area contributed by atoms with Crippen molar-refractivity contribution in [3.05, 3.63) is 83.9 Å². The summed E-state index contributed by atoms with van der Waals surface area (Å²) in [5, 5.41) is 9.84. The summed E-state index contributed by atoms with van der Waals surface area (Å²) in [5.41, 5.74) is 7.36. The lowest BCUT2D eigenvalue weighted by Gasteiger charge is -2.14. The lowest BCUT2D eigenvalue weighted by molar-refractivity contribution is 0.199. The zero-order valence-electron chi connectivity index (χ0n) is 17.9. The third kappa shape index (κ3) is 6.05. The molecule has 1 heteroatoms. The number of aryl methyl sites for hydroxylation is 1. The van der Waals surface area contributed by atoms with E-state index in [1.54, 1.807) is 0 Å². The van der Waals surface area contributed by atoms with Crippen LogP contribution in [0.1, 0.15) is 69.6 Å². The van der Waals surface area contributed by atoms with E-state index in [0.717, 1.165) is 12.0 Å². The second-order valence-corrected chi connectivity index (χ2v) is 8.06. The van der Waals surface area contributed by atoms with Crippen molar-refractivity contribution >= 4 is 0 Å². The molecule has 1 N–H and O–H groups in total. The van der Waals surface area contributed by atoms with Gasteiger partial charge in [-0.05, 0) is 53.1 Å². The molecule has 0 heterocycles. The highest BCUT2D eigenvalue weighted by molar-refractivity contribution is 5.84. The number of hydrogen-bond donors (Lipinski definition) is 1. The molecule has 0 aliphatic heterocycles. The van der Waals surface area contributed by atoms with Crippen molar-refractivity contribution in [2.24, 2.45) is 0 Å². The fourth-order valence-corrected chi connectivity index (χ4v) is 3.91. The predicted octanol–water partition coefficient (Wildman–Crippen LogP) is 7.98. The maximum absolute atomic E-state index is 9.84. The van der Waals surface area contributed by atoms with Crippen molar-refractivity contribution in [3.63, 3.8) is 0 Å².